The SMILES string of the molecule is CC(O)N(C(C)O)C(C)O.CCOS(=O)(=O)O. The third-order valence-electron chi connectivity index (χ3n) is 1.56. The van der Waals surface area contributed by atoms with Crippen LogP contribution in [0, 0.1) is 0 Å². The molecule has 106 valence electrons. The van der Waals surface area contributed by atoms with E-state index in [-0.39, 0.29) is 6.61 Å². The van der Waals surface area contributed by atoms with Crippen molar-refractivity contribution in [3.63, 3.8) is 0 Å². The fourth-order valence-electron chi connectivity index (χ4n) is 1.09. The number of hydrogen-bond acceptors (Lipinski definition) is 7. The molecule has 0 aliphatic rings. The van der Waals surface area contributed by atoms with Gasteiger partial charge in [0, 0.05) is 0 Å². The van der Waals surface area contributed by atoms with E-state index in [9.17, 15) is 8.42 Å². The minimum absolute atomic E-state index is 0.0289. The highest BCUT2D eigenvalue weighted by molar-refractivity contribution is 7.80. The lowest BCUT2D eigenvalue weighted by molar-refractivity contribution is -0.159. The van der Waals surface area contributed by atoms with E-state index in [2.05, 4.69) is 4.18 Å². The molecule has 0 aromatic heterocycles. The predicted octanol–water partition coefficient (Wildman–Crippen LogP) is -0.871. The van der Waals surface area contributed by atoms with E-state index in [0.29, 0.717) is 0 Å². The van der Waals surface area contributed by atoms with Crippen molar-refractivity contribution in [2.45, 2.75) is 46.4 Å². The lowest BCUT2D eigenvalue weighted by Gasteiger charge is -2.30. The van der Waals surface area contributed by atoms with Gasteiger partial charge in [0.05, 0.1) is 6.61 Å². The monoisotopic (exact) mass is 275 g/mol. The molecule has 0 aliphatic heterocycles. The van der Waals surface area contributed by atoms with Gasteiger partial charge in [-0.2, -0.15) is 8.42 Å². The molecule has 0 bridgehead atoms. The molecule has 3 atom stereocenters. The molecule has 8 nitrogen and oxygen atoms in total. The highest BCUT2D eigenvalue weighted by atomic mass is 32.3. The van der Waals surface area contributed by atoms with Crippen LogP contribution >= 0.6 is 0 Å². The van der Waals surface area contributed by atoms with Crippen molar-refractivity contribution in [3.05, 3.63) is 0 Å². The first kappa shape index (κ1) is 19.1. The van der Waals surface area contributed by atoms with Crippen LogP contribution in [0.25, 0.3) is 0 Å². The Morgan fingerprint density at radius 2 is 1.35 bits per heavy atom. The molecule has 0 rings (SSSR count). The largest absolute Gasteiger partial charge is 0.397 e. The summed E-state index contributed by atoms with van der Waals surface area (Å²) in [6.45, 7) is 5.89. The summed E-state index contributed by atoms with van der Waals surface area (Å²) in [5.41, 5.74) is 0. The Balaban J connectivity index is 0. The second-order valence-corrected chi connectivity index (χ2v) is 4.27. The standard InChI is InChI=1S/C6H15NO3.C2H6O4S/c1-4(8)7(5(2)9)6(3)10;1-2-6-7(3,4)5/h4-6,8-10H,1-3H3;2H2,1H3,(H,3,4,5). The third kappa shape index (κ3) is 12.0. The van der Waals surface area contributed by atoms with Crippen molar-refractivity contribution in [2.24, 2.45) is 0 Å². The van der Waals surface area contributed by atoms with Gasteiger partial charge >= 0.3 is 10.4 Å². The summed E-state index contributed by atoms with van der Waals surface area (Å²) in [4.78, 5) is 1.17. The zero-order valence-electron chi connectivity index (χ0n) is 10.3. The summed E-state index contributed by atoms with van der Waals surface area (Å²) < 4.78 is 30.7. The maximum atomic E-state index is 9.56. The molecule has 3 unspecified atom stereocenters. The summed E-state index contributed by atoms with van der Waals surface area (Å²) in [5, 5.41) is 26.9. The lowest BCUT2D eigenvalue weighted by atomic mass is 10.4. The number of hydrogen-bond donors (Lipinski definition) is 4. The topological polar surface area (TPSA) is 128 Å². The van der Waals surface area contributed by atoms with E-state index in [1.807, 2.05) is 0 Å². The molecule has 0 saturated carbocycles. The smallest absolute Gasteiger partial charge is 0.379 e. The lowest BCUT2D eigenvalue weighted by Crippen LogP contribution is -2.45. The maximum absolute atomic E-state index is 9.56. The number of aliphatic hydroxyl groups excluding tert-OH is 3. The molecule has 0 radical (unpaired) electrons. The average molecular weight is 275 g/mol. The minimum Gasteiger partial charge on any atom is -0.379 e. The van der Waals surface area contributed by atoms with Gasteiger partial charge in [-0.25, -0.2) is 9.08 Å². The van der Waals surface area contributed by atoms with Crippen molar-refractivity contribution in [1.29, 1.82) is 0 Å². The van der Waals surface area contributed by atoms with Crippen LogP contribution in [0.5, 0.6) is 0 Å². The molecule has 0 saturated heterocycles. The zero-order chi connectivity index (χ0) is 14.2. The van der Waals surface area contributed by atoms with Crippen molar-refractivity contribution in [3.8, 4) is 0 Å². The van der Waals surface area contributed by atoms with Crippen LogP contribution < -0.4 is 0 Å². The van der Waals surface area contributed by atoms with Crippen molar-refractivity contribution in [2.75, 3.05) is 6.61 Å². The molecule has 17 heavy (non-hydrogen) atoms. The normalized spacial score (nSPS) is 17.0. The van der Waals surface area contributed by atoms with Gasteiger partial charge in [0.1, 0.15) is 18.7 Å². The van der Waals surface area contributed by atoms with Crippen LogP contribution in [0.15, 0.2) is 0 Å². The minimum atomic E-state index is -4.17. The van der Waals surface area contributed by atoms with Crippen LogP contribution in [0.2, 0.25) is 0 Å². The first-order valence-electron chi connectivity index (χ1n) is 4.96. The van der Waals surface area contributed by atoms with Crippen LogP contribution in [-0.2, 0) is 14.6 Å². The van der Waals surface area contributed by atoms with Crippen LogP contribution in [0.1, 0.15) is 27.7 Å². The van der Waals surface area contributed by atoms with Crippen molar-refractivity contribution in [1.82, 2.24) is 4.90 Å². The molecule has 4 N–H and O–H groups in total. The number of nitrogens with zero attached hydrogens (tertiary/aromatic N) is 1. The molecule has 0 amide bonds. The van der Waals surface area contributed by atoms with Gasteiger partial charge in [-0.05, 0) is 27.7 Å². The molecule has 0 aromatic rings. The fourth-order valence-corrected chi connectivity index (χ4v) is 1.38. The van der Waals surface area contributed by atoms with E-state index in [1.54, 1.807) is 0 Å². The highest BCUT2D eigenvalue weighted by Crippen LogP contribution is 2.04. The van der Waals surface area contributed by atoms with Gasteiger partial charge in [-0.15, -0.1) is 0 Å². The second kappa shape index (κ2) is 8.75. The Kier molecular flexibility index (Phi) is 9.81. The van der Waals surface area contributed by atoms with Crippen LogP contribution in [-0.4, -0.2) is 58.5 Å². The molecule has 9 heteroatoms. The molecular weight excluding hydrogens is 254 g/mol. The summed E-state index contributed by atoms with van der Waals surface area (Å²) >= 11 is 0. The molecule has 0 fully saturated rings. The van der Waals surface area contributed by atoms with Gasteiger partial charge in [0.2, 0.25) is 0 Å². The van der Waals surface area contributed by atoms with Gasteiger partial charge < -0.3 is 15.3 Å². The van der Waals surface area contributed by atoms with Gasteiger partial charge in [0.25, 0.3) is 0 Å². The van der Waals surface area contributed by atoms with E-state index < -0.39 is 29.1 Å². The summed E-state index contributed by atoms with van der Waals surface area (Å²) in [6.07, 6.45) is -2.50. The van der Waals surface area contributed by atoms with E-state index in [1.165, 1.54) is 32.6 Å². The molecule has 0 spiro atoms. The van der Waals surface area contributed by atoms with Gasteiger partial charge in [-0.3, -0.25) is 4.55 Å². The van der Waals surface area contributed by atoms with E-state index in [4.69, 9.17) is 19.9 Å². The highest BCUT2D eigenvalue weighted by Gasteiger charge is 2.20. The van der Waals surface area contributed by atoms with Gasteiger partial charge in [0.15, 0.2) is 0 Å². The Hall–Kier alpha value is -0.290. The van der Waals surface area contributed by atoms with Crippen LogP contribution in [0.4, 0.5) is 0 Å². The van der Waals surface area contributed by atoms with Gasteiger partial charge in [-0.1, -0.05) is 0 Å². The molecular formula is C8H21NO7S. The van der Waals surface area contributed by atoms with Crippen LogP contribution in [0.3, 0.4) is 0 Å². The van der Waals surface area contributed by atoms with E-state index >= 15 is 0 Å². The molecule has 0 aromatic carbocycles. The third-order valence-corrected chi connectivity index (χ3v) is 2.09. The average Bonchev–Trinajstić information content (AvgIpc) is 1.98. The Labute approximate surface area is 101 Å². The van der Waals surface area contributed by atoms with Crippen molar-refractivity contribution < 1.29 is 32.5 Å². The Morgan fingerprint density at radius 1 is 1.06 bits per heavy atom. The Bertz CT molecular complexity index is 257. The molecule has 0 heterocycles. The first-order valence-corrected chi connectivity index (χ1v) is 6.32. The second-order valence-electron chi connectivity index (χ2n) is 3.18. The van der Waals surface area contributed by atoms with Crippen molar-refractivity contribution >= 4 is 10.4 Å². The first-order chi connectivity index (χ1) is 7.52. The fraction of sp³-hybridized carbons (Fsp3) is 1.00. The summed E-state index contributed by atoms with van der Waals surface area (Å²) in [6, 6.07) is 0. The quantitative estimate of drug-likeness (QED) is 0.376. The number of rotatable bonds is 5. The number of aliphatic hydroxyl groups is 3. The summed E-state index contributed by atoms with van der Waals surface area (Å²) in [5.74, 6) is 0. The maximum Gasteiger partial charge on any atom is 0.397 e. The predicted molar refractivity (Wildman–Crippen MR) is 60.1 cm³/mol. The zero-order valence-corrected chi connectivity index (χ0v) is 11.1. The summed E-state index contributed by atoms with van der Waals surface area (Å²) in [7, 11) is -4.17. The molecule has 0 aliphatic carbocycles. The Morgan fingerprint density at radius 3 is 1.35 bits per heavy atom. The van der Waals surface area contributed by atoms with E-state index in [0.717, 1.165) is 0 Å².